The fraction of sp³-hybridized carbons (Fsp3) is 0.250. The number of halogens is 3. The number of aryl methyl sites for hydroxylation is 1. The number of rotatable bonds is 4. The zero-order valence-electron chi connectivity index (χ0n) is 12.7. The maximum Gasteiger partial charge on any atom is 0.406 e. The average Bonchev–Trinajstić information content (AvgIpc) is 2.54. The van der Waals surface area contributed by atoms with Crippen LogP contribution in [0.3, 0.4) is 0 Å². The number of nitriles is 1. The van der Waals surface area contributed by atoms with Crippen LogP contribution in [0.25, 0.3) is 0 Å². The Morgan fingerprint density at radius 1 is 1.21 bits per heavy atom. The molecule has 0 fully saturated rings. The van der Waals surface area contributed by atoms with E-state index >= 15 is 0 Å². The monoisotopic (exact) mass is 334 g/mol. The van der Waals surface area contributed by atoms with Crippen LogP contribution in [-0.4, -0.2) is 33.5 Å². The van der Waals surface area contributed by atoms with Crippen molar-refractivity contribution < 1.29 is 18.0 Å². The Morgan fingerprint density at radius 2 is 1.88 bits per heavy atom. The molecule has 5 nitrogen and oxygen atoms in total. The van der Waals surface area contributed by atoms with Gasteiger partial charge in [0.25, 0.3) is 5.91 Å². The molecule has 0 radical (unpaired) electrons. The smallest absolute Gasteiger partial charge is 0.324 e. The van der Waals surface area contributed by atoms with E-state index in [9.17, 15) is 18.0 Å². The van der Waals surface area contributed by atoms with E-state index in [0.717, 1.165) is 6.20 Å². The molecule has 0 aliphatic rings. The minimum atomic E-state index is -4.54. The molecule has 24 heavy (non-hydrogen) atoms. The number of nitrogens with zero attached hydrogens (tertiary/aromatic N) is 4. The first-order valence-electron chi connectivity index (χ1n) is 6.92. The van der Waals surface area contributed by atoms with Gasteiger partial charge in [0, 0.05) is 12.7 Å². The lowest BCUT2D eigenvalue weighted by Crippen LogP contribution is -2.39. The molecule has 0 atom stereocenters. The van der Waals surface area contributed by atoms with Gasteiger partial charge in [-0.25, -0.2) is 4.98 Å². The number of hydrogen-bond acceptors (Lipinski definition) is 4. The largest absolute Gasteiger partial charge is 0.406 e. The number of amides is 1. The van der Waals surface area contributed by atoms with Crippen molar-refractivity contribution >= 4 is 5.91 Å². The molecule has 2 rings (SSSR count). The Hall–Kier alpha value is -2.95. The van der Waals surface area contributed by atoms with Gasteiger partial charge in [-0.2, -0.15) is 18.4 Å². The number of carbonyl (C=O) groups is 1. The molecule has 1 amide bonds. The van der Waals surface area contributed by atoms with Gasteiger partial charge < -0.3 is 4.90 Å². The summed E-state index contributed by atoms with van der Waals surface area (Å²) in [6.07, 6.45) is -2.07. The van der Waals surface area contributed by atoms with Crippen molar-refractivity contribution in [3.63, 3.8) is 0 Å². The Balaban J connectivity index is 2.24. The molecular formula is C16H13F3N4O. The first kappa shape index (κ1) is 17.4. The molecule has 0 spiro atoms. The maximum absolute atomic E-state index is 12.8. The zero-order chi connectivity index (χ0) is 17.7. The summed E-state index contributed by atoms with van der Waals surface area (Å²) in [4.78, 5) is 20.7. The lowest BCUT2D eigenvalue weighted by molar-refractivity contribution is -0.141. The number of hydrogen-bond donors (Lipinski definition) is 0. The molecule has 124 valence electrons. The topological polar surface area (TPSA) is 69.9 Å². The first-order valence-corrected chi connectivity index (χ1v) is 6.92. The van der Waals surface area contributed by atoms with E-state index in [-0.39, 0.29) is 12.2 Å². The van der Waals surface area contributed by atoms with Crippen LogP contribution in [-0.2, 0) is 6.54 Å². The maximum atomic E-state index is 12.8. The number of alkyl halides is 3. The third-order valence-electron chi connectivity index (χ3n) is 3.11. The predicted octanol–water partition coefficient (Wildman–Crippen LogP) is 2.86. The number of carbonyl (C=O) groups excluding carboxylic acids is 1. The lowest BCUT2D eigenvalue weighted by Gasteiger charge is -2.23. The van der Waals surface area contributed by atoms with E-state index < -0.39 is 18.6 Å². The zero-order valence-corrected chi connectivity index (χ0v) is 12.7. The highest BCUT2D eigenvalue weighted by atomic mass is 19.4. The summed E-state index contributed by atoms with van der Waals surface area (Å²) >= 11 is 0. The molecule has 0 aliphatic carbocycles. The summed E-state index contributed by atoms with van der Waals surface area (Å²) < 4.78 is 38.4. The summed E-state index contributed by atoms with van der Waals surface area (Å²) in [5.74, 6) is -0.857. The van der Waals surface area contributed by atoms with Crippen LogP contribution < -0.4 is 0 Å². The van der Waals surface area contributed by atoms with Crippen molar-refractivity contribution in [2.75, 3.05) is 6.54 Å². The number of benzene rings is 1. The van der Waals surface area contributed by atoms with E-state index in [1.165, 1.54) is 30.5 Å². The molecule has 0 bridgehead atoms. The van der Waals surface area contributed by atoms with Gasteiger partial charge in [-0.3, -0.25) is 9.78 Å². The summed E-state index contributed by atoms with van der Waals surface area (Å²) in [6.45, 7) is 0.00644. The molecule has 0 N–H and O–H groups in total. The van der Waals surface area contributed by atoms with E-state index in [0.29, 0.717) is 21.7 Å². The average molecular weight is 334 g/mol. The molecule has 1 heterocycles. The molecule has 8 heteroatoms. The Bertz CT molecular complexity index is 749. The minimum Gasteiger partial charge on any atom is -0.324 e. The lowest BCUT2D eigenvalue weighted by atomic mass is 10.1. The molecule has 2 aromatic rings. The predicted molar refractivity (Wildman–Crippen MR) is 78.7 cm³/mol. The molecule has 1 aromatic carbocycles. The number of aromatic nitrogens is 2. The summed E-state index contributed by atoms with van der Waals surface area (Å²) in [6, 6.07) is 7.91. The van der Waals surface area contributed by atoms with Crippen LogP contribution in [0.1, 0.15) is 27.3 Å². The molecule has 0 saturated heterocycles. The molecule has 0 unspecified atom stereocenters. The highest BCUT2D eigenvalue weighted by Crippen LogP contribution is 2.20. The van der Waals surface area contributed by atoms with Crippen LogP contribution in [0, 0.1) is 18.3 Å². The SMILES string of the molecule is Cc1cnc(C(=O)N(Cc2ccc(C#N)cc2)CC(F)(F)F)cn1. The highest BCUT2D eigenvalue weighted by Gasteiger charge is 2.33. The standard InChI is InChI=1S/C16H13F3N4O/c1-11-7-22-14(8-21-11)15(24)23(10-16(17,18)19)9-13-4-2-12(6-20)3-5-13/h2-5,7-8H,9-10H2,1H3. The second-order valence-electron chi connectivity index (χ2n) is 5.13. The second-order valence-corrected chi connectivity index (χ2v) is 5.13. The fourth-order valence-corrected chi connectivity index (χ4v) is 1.99. The van der Waals surface area contributed by atoms with Gasteiger partial charge in [0.2, 0.25) is 0 Å². The van der Waals surface area contributed by atoms with Crippen molar-refractivity contribution in [1.29, 1.82) is 5.26 Å². The third-order valence-corrected chi connectivity index (χ3v) is 3.11. The highest BCUT2D eigenvalue weighted by molar-refractivity contribution is 5.92. The van der Waals surface area contributed by atoms with E-state index in [1.807, 2.05) is 6.07 Å². The fourth-order valence-electron chi connectivity index (χ4n) is 1.99. The van der Waals surface area contributed by atoms with Gasteiger partial charge >= 0.3 is 6.18 Å². The van der Waals surface area contributed by atoms with Crippen LogP contribution in [0.4, 0.5) is 13.2 Å². The summed E-state index contributed by atoms with van der Waals surface area (Å²) in [5, 5.41) is 8.74. The summed E-state index contributed by atoms with van der Waals surface area (Å²) in [5.41, 5.74) is 1.27. The van der Waals surface area contributed by atoms with Crippen LogP contribution in [0.2, 0.25) is 0 Å². The molecular weight excluding hydrogens is 321 g/mol. The van der Waals surface area contributed by atoms with Crippen LogP contribution >= 0.6 is 0 Å². The van der Waals surface area contributed by atoms with E-state index in [1.54, 1.807) is 6.92 Å². The van der Waals surface area contributed by atoms with Crippen molar-refractivity contribution in [1.82, 2.24) is 14.9 Å². The molecule has 0 saturated carbocycles. The van der Waals surface area contributed by atoms with Gasteiger partial charge in [0.1, 0.15) is 12.2 Å². The quantitative estimate of drug-likeness (QED) is 0.862. The normalized spacial score (nSPS) is 11.0. The summed E-state index contributed by atoms with van der Waals surface area (Å²) in [7, 11) is 0. The van der Waals surface area contributed by atoms with Gasteiger partial charge in [0.15, 0.2) is 0 Å². The Kier molecular flexibility index (Phi) is 5.14. The van der Waals surface area contributed by atoms with Gasteiger partial charge in [-0.15, -0.1) is 0 Å². The Labute approximate surface area is 136 Å². The first-order chi connectivity index (χ1) is 11.3. The van der Waals surface area contributed by atoms with Crippen molar-refractivity contribution in [2.24, 2.45) is 0 Å². The van der Waals surface area contributed by atoms with Crippen LogP contribution in [0.5, 0.6) is 0 Å². The molecule has 1 aromatic heterocycles. The minimum absolute atomic E-state index is 0.154. The van der Waals surface area contributed by atoms with Crippen molar-refractivity contribution in [2.45, 2.75) is 19.6 Å². The Morgan fingerprint density at radius 3 is 2.38 bits per heavy atom. The van der Waals surface area contributed by atoms with Crippen LogP contribution in [0.15, 0.2) is 36.7 Å². The van der Waals surface area contributed by atoms with Gasteiger partial charge in [0.05, 0.1) is 23.5 Å². The van der Waals surface area contributed by atoms with Gasteiger partial charge in [-0.05, 0) is 24.6 Å². The van der Waals surface area contributed by atoms with E-state index in [2.05, 4.69) is 9.97 Å². The molecule has 0 aliphatic heterocycles. The van der Waals surface area contributed by atoms with Crippen molar-refractivity contribution in [3.8, 4) is 6.07 Å². The van der Waals surface area contributed by atoms with Crippen molar-refractivity contribution in [3.05, 3.63) is 59.2 Å². The second kappa shape index (κ2) is 7.08. The third kappa shape index (κ3) is 4.78. The van der Waals surface area contributed by atoms with E-state index in [4.69, 9.17) is 5.26 Å². The van der Waals surface area contributed by atoms with Gasteiger partial charge in [-0.1, -0.05) is 12.1 Å².